The molecule has 31 heavy (non-hydrogen) atoms. The number of Topliss-reactive ketones (excluding diaryl/α,β-unsaturated/α-hetero) is 1. The van der Waals surface area contributed by atoms with Crippen LogP contribution in [0, 0.1) is 12.7 Å². The van der Waals surface area contributed by atoms with Crippen molar-refractivity contribution in [1.82, 2.24) is 0 Å². The van der Waals surface area contributed by atoms with Crippen molar-refractivity contribution in [3.05, 3.63) is 124 Å². The van der Waals surface area contributed by atoms with Gasteiger partial charge in [0.1, 0.15) is 11.4 Å². The molecule has 1 N–H and O–H groups in total. The third kappa shape index (κ3) is 4.61. The van der Waals surface area contributed by atoms with Crippen LogP contribution >= 0.6 is 0 Å². The van der Waals surface area contributed by atoms with Crippen LogP contribution < -0.4 is 10.7 Å². The number of allylic oxidation sites excluding steroid dienone is 1. The number of hydrogen-bond acceptors (Lipinski definition) is 4. The molecule has 1 heterocycles. The first kappa shape index (κ1) is 20.3. The predicted molar refractivity (Wildman–Crippen MR) is 120 cm³/mol. The molecule has 0 aliphatic heterocycles. The normalized spacial score (nSPS) is 11.5. The molecule has 5 heteroatoms. The highest BCUT2D eigenvalue weighted by Crippen LogP contribution is 2.18. The van der Waals surface area contributed by atoms with Crippen molar-refractivity contribution >= 4 is 22.4 Å². The lowest BCUT2D eigenvalue weighted by molar-refractivity contribution is 0.103. The molecular weight excluding hydrogens is 393 g/mol. The first-order valence-electron chi connectivity index (χ1n) is 9.83. The molecule has 1 aromatic heterocycles. The Balaban J connectivity index is 1.71. The summed E-state index contributed by atoms with van der Waals surface area (Å²) in [6.07, 6.45) is 3.05. The lowest BCUT2D eigenvalue weighted by atomic mass is 9.97. The fourth-order valence-corrected chi connectivity index (χ4v) is 3.25. The van der Waals surface area contributed by atoms with E-state index in [1.807, 2.05) is 19.1 Å². The maximum Gasteiger partial charge on any atom is 0.196 e. The highest BCUT2D eigenvalue weighted by atomic mass is 19.1. The molecule has 4 rings (SSSR count). The third-order valence-corrected chi connectivity index (χ3v) is 5.00. The molecule has 0 aliphatic rings. The van der Waals surface area contributed by atoms with Crippen molar-refractivity contribution in [2.45, 2.75) is 13.3 Å². The lowest BCUT2D eigenvalue weighted by Crippen LogP contribution is -2.14. The number of anilines is 1. The Kier molecular flexibility index (Phi) is 5.76. The molecule has 0 atom stereocenters. The second kappa shape index (κ2) is 8.79. The van der Waals surface area contributed by atoms with Crippen LogP contribution in [0.4, 0.5) is 10.1 Å². The number of halogens is 1. The van der Waals surface area contributed by atoms with Crippen LogP contribution in [0.2, 0.25) is 0 Å². The van der Waals surface area contributed by atoms with Gasteiger partial charge in [-0.3, -0.25) is 9.59 Å². The average Bonchev–Trinajstić information content (AvgIpc) is 2.79. The Labute approximate surface area is 178 Å². The zero-order valence-electron chi connectivity index (χ0n) is 16.9. The van der Waals surface area contributed by atoms with Crippen LogP contribution in [-0.4, -0.2) is 5.78 Å². The van der Waals surface area contributed by atoms with Gasteiger partial charge in [0.05, 0.1) is 11.6 Å². The standard InChI is InChI=1S/C26H20FNO3/c1-17-6-8-18(9-7-17)25(29)19(15-28-22-12-10-21(27)11-13-22)14-20-16-31-24-5-3-2-4-23(24)26(20)30/h2-13,15-16,28H,14H2,1H3/b19-15+. The molecule has 0 radical (unpaired) electrons. The third-order valence-electron chi connectivity index (χ3n) is 5.00. The number of nitrogens with one attached hydrogen (secondary N) is 1. The molecule has 0 aliphatic carbocycles. The Morgan fingerprint density at radius 2 is 1.71 bits per heavy atom. The molecule has 4 aromatic rings. The summed E-state index contributed by atoms with van der Waals surface area (Å²) >= 11 is 0. The maximum atomic E-state index is 13.2. The van der Waals surface area contributed by atoms with Crippen LogP contribution in [0.25, 0.3) is 11.0 Å². The average molecular weight is 413 g/mol. The van der Waals surface area contributed by atoms with Gasteiger partial charge < -0.3 is 9.73 Å². The van der Waals surface area contributed by atoms with Crippen LogP contribution in [0.5, 0.6) is 0 Å². The van der Waals surface area contributed by atoms with Gasteiger partial charge in [-0.2, -0.15) is 0 Å². The Bertz CT molecular complexity index is 1320. The van der Waals surface area contributed by atoms with E-state index in [2.05, 4.69) is 5.32 Å². The molecule has 0 fully saturated rings. The van der Waals surface area contributed by atoms with Crippen molar-refractivity contribution in [1.29, 1.82) is 0 Å². The molecule has 0 spiro atoms. The summed E-state index contributed by atoms with van der Waals surface area (Å²) in [5.74, 6) is -0.554. The molecule has 3 aromatic carbocycles. The number of ketones is 1. The smallest absolute Gasteiger partial charge is 0.196 e. The first-order valence-corrected chi connectivity index (χ1v) is 9.83. The Morgan fingerprint density at radius 3 is 2.45 bits per heavy atom. The second-order valence-corrected chi connectivity index (χ2v) is 7.28. The minimum atomic E-state index is -0.348. The van der Waals surface area contributed by atoms with E-state index in [0.717, 1.165) is 5.56 Å². The van der Waals surface area contributed by atoms with E-state index in [-0.39, 0.29) is 23.5 Å². The molecule has 154 valence electrons. The Hall–Kier alpha value is -3.99. The molecule has 4 nitrogen and oxygen atoms in total. The molecule has 0 amide bonds. The van der Waals surface area contributed by atoms with E-state index in [1.165, 1.54) is 18.4 Å². The number of aryl methyl sites for hydroxylation is 1. The van der Waals surface area contributed by atoms with Gasteiger partial charge in [0, 0.05) is 35.0 Å². The Morgan fingerprint density at radius 1 is 1.00 bits per heavy atom. The van der Waals surface area contributed by atoms with E-state index in [0.29, 0.717) is 33.4 Å². The minimum absolute atomic E-state index is 0.0913. The van der Waals surface area contributed by atoms with Crippen LogP contribution in [0.3, 0.4) is 0 Å². The van der Waals surface area contributed by atoms with Crippen molar-refractivity contribution in [2.75, 3.05) is 5.32 Å². The van der Waals surface area contributed by atoms with Gasteiger partial charge in [0.25, 0.3) is 0 Å². The number of fused-ring (bicyclic) bond motifs is 1. The lowest BCUT2D eigenvalue weighted by Gasteiger charge is -2.09. The summed E-state index contributed by atoms with van der Waals surface area (Å²) in [4.78, 5) is 26.1. The van der Waals surface area contributed by atoms with Crippen LogP contribution in [0.1, 0.15) is 21.5 Å². The fourth-order valence-electron chi connectivity index (χ4n) is 3.25. The highest BCUT2D eigenvalue weighted by Gasteiger charge is 2.16. The topological polar surface area (TPSA) is 59.3 Å². The summed E-state index contributed by atoms with van der Waals surface area (Å²) in [7, 11) is 0. The SMILES string of the molecule is Cc1ccc(C(=O)/C(=C/Nc2ccc(F)cc2)Cc2coc3ccccc3c2=O)cc1. The number of carbonyl (C=O) groups is 1. The maximum absolute atomic E-state index is 13.2. The molecule has 0 unspecified atom stereocenters. The minimum Gasteiger partial charge on any atom is -0.464 e. The van der Waals surface area contributed by atoms with Gasteiger partial charge in [-0.15, -0.1) is 0 Å². The van der Waals surface area contributed by atoms with Crippen molar-refractivity contribution in [3.8, 4) is 0 Å². The molecular formula is C26H20FNO3. The van der Waals surface area contributed by atoms with Gasteiger partial charge in [-0.05, 0) is 43.3 Å². The zero-order chi connectivity index (χ0) is 21.8. The van der Waals surface area contributed by atoms with Crippen LogP contribution in [0.15, 0.2) is 100 Å². The number of hydrogen-bond donors (Lipinski definition) is 1. The van der Waals surface area contributed by atoms with Crippen molar-refractivity contribution in [3.63, 3.8) is 0 Å². The van der Waals surface area contributed by atoms with Gasteiger partial charge >= 0.3 is 0 Å². The summed E-state index contributed by atoms with van der Waals surface area (Å²) in [6, 6.07) is 20.0. The number of carbonyl (C=O) groups excluding carboxylic acids is 1. The summed E-state index contributed by atoms with van der Waals surface area (Å²) < 4.78 is 18.8. The largest absolute Gasteiger partial charge is 0.464 e. The van der Waals surface area contributed by atoms with Crippen molar-refractivity contribution < 1.29 is 13.6 Å². The van der Waals surface area contributed by atoms with Crippen LogP contribution in [-0.2, 0) is 6.42 Å². The van der Waals surface area contributed by atoms with Gasteiger partial charge in [0.2, 0.25) is 0 Å². The molecule has 0 bridgehead atoms. The van der Waals surface area contributed by atoms with E-state index in [9.17, 15) is 14.0 Å². The highest BCUT2D eigenvalue weighted by molar-refractivity contribution is 6.09. The van der Waals surface area contributed by atoms with E-state index in [1.54, 1.807) is 54.7 Å². The summed E-state index contributed by atoms with van der Waals surface area (Å²) in [5.41, 5.74) is 3.27. The fraction of sp³-hybridized carbons (Fsp3) is 0.0769. The number of benzene rings is 3. The number of rotatable bonds is 6. The van der Waals surface area contributed by atoms with E-state index < -0.39 is 0 Å². The molecule has 0 saturated heterocycles. The van der Waals surface area contributed by atoms with Gasteiger partial charge in [0.15, 0.2) is 11.2 Å². The van der Waals surface area contributed by atoms with E-state index >= 15 is 0 Å². The number of para-hydroxylation sites is 1. The van der Waals surface area contributed by atoms with Crippen molar-refractivity contribution in [2.24, 2.45) is 0 Å². The quantitative estimate of drug-likeness (QED) is 0.327. The molecule has 0 saturated carbocycles. The zero-order valence-corrected chi connectivity index (χ0v) is 16.9. The summed E-state index contributed by atoms with van der Waals surface area (Å²) in [6.45, 7) is 1.95. The van der Waals surface area contributed by atoms with Gasteiger partial charge in [-0.25, -0.2) is 4.39 Å². The predicted octanol–water partition coefficient (Wildman–Crippen LogP) is 5.66. The van der Waals surface area contributed by atoms with E-state index in [4.69, 9.17) is 4.42 Å². The second-order valence-electron chi connectivity index (χ2n) is 7.28. The first-order chi connectivity index (χ1) is 15.0. The summed E-state index contributed by atoms with van der Waals surface area (Å²) in [5, 5.41) is 3.50. The van der Waals surface area contributed by atoms with Gasteiger partial charge in [-0.1, -0.05) is 42.0 Å². The monoisotopic (exact) mass is 413 g/mol.